The highest BCUT2D eigenvalue weighted by atomic mass is 16.6. The van der Waals surface area contributed by atoms with Crippen molar-refractivity contribution in [1.29, 1.82) is 0 Å². The van der Waals surface area contributed by atoms with Gasteiger partial charge in [-0.25, -0.2) is 0 Å². The molecular weight excluding hydrogens is 316 g/mol. The Morgan fingerprint density at radius 1 is 1.29 bits per heavy atom. The van der Waals surface area contributed by atoms with Crippen LogP contribution in [0.3, 0.4) is 0 Å². The molecule has 0 aromatic heterocycles. The molecule has 2 aliphatic rings. The third-order valence-electron chi connectivity index (χ3n) is 4.70. The van der Waals surface area contributed by atoms with Gasteiger partial charge in [-0.2, -0.15) is 0 Å². The number of amides is 1. The van der Waals surface area contributed by atoms with Crippen LogP contribution in [0.5, 0.6) is 5.75 Å². The second-order valence-corrected chi connectivity index (χ2v) is 5.97. The lowest BCUT2D eigenvalue weighted by molar-refractivity contribution is -0.384. The minimum atomic E-state index is -1.00. The highest BCUT2D eigenvalue weighted by molar-refractivity contribution is 5.97. The van der Waals surface area contributed by atoms with Crippen LogP contribution in [0.2, 0.25) is 0 Å². The van der Waals surface area contributed by atoms with Crippen LogP contribution >= 0.6 is 0 Å². The second kappa shape index (κ2) is 5.95. The van der Waals surface area contributed by atoms with Crippen LogP contribution in [-0.4, -0.2) is 29.0 Å². The smallest absolute Gasteiger partial charge is 0.307 e. The third kappa shape index (κ3) is 2.60. The van der Waals surface area contributed by atoms with Crippen LogP contribution < -0.4 is 10.1 Å². The van der Waals surface area contributed by atoms with Gasteiger partial charge in [0, 0.05) is 12.1 Å². The van der Waals surface area contributed by atoms with E-state index in [1.54, 1.807) is 0 Å². The van der Waals surface area contributed by atoms with Crippen molar-refractivity contribution >= 4 is 23.3 Å². The molecule has 2 bridgehead atoms. The summed E-state index contributed by atoms with van der Waals surface area (Å²) in [5, 5.41) is 22.9. The molecular formula is C16H16N2O6. The van der Waals surface area contributed by atoms with E-state index in [0.29, 0.717) is 6.42 Å². The van der Waals surface area contributed by atoms with Crippen molar-refractivity contribution in [3.8, 4) is 5.75 Å². The zero-order chi connectivity index (χ0) is 17.4. The minimum Gasteiger partial charge on any atom is -0.495 e. The number of benzene rings is 1. The van der Waals surface area contributed by atoms with Gasteiger partial charge in [-0.05, 0) is 24.3 Å². The number of carboxylic acid groups (broad SMARTS) is 1. The molecule has 1 saturated carbocycles. The molecule has 3 rings (SSSR count). The largest absolute Gasteiger partial charge is 0.495 e. The van der Waals surface area contributed by atoms with E-state index in [9.17, 15) is 24.8 Å². The van der Waals surface area contributed by atoms with Gasteiger partial charge in [0.25, 0.3) is 5.69 Å². The normalized spacial score (nSPS) is 27.0. The molecule has 2 aliphatic carbocycles. The van der Waals surface area contributed by atoms with Gasteiger partial charge in [0.1, 0.15) is 5.75 Å². The number of nitrogens with one attached hydrogen (secondary N) is 1. The molecule has 0 heterocycles. The lowest BCUT2D eigenvalue weighted by Gasteiger charge is -2.24. The molecule has 1 fully saturated rings. The number of rotatable bonds is 5. The SMILES string of the molecule is COc1ccc([N+](=O)[O-])cc1NC(=O)[C@H]1[C@@H](C(=O)O)[C@H]2C=C[C@H]1C2. The number of non-ortho nitro benzene ring substituents is 1. The van der Waals surface area contributed by atoms with Gasteiger partial charge < -0.3 is 15.2 Å². The van der Waals surface area contributed by atoms with Crippen LogP contribution in [0.15, 0.2) is 30.4 Å². The quantitative estimate of drug-likeness (QED) is 0.484. The van der Waals surface area contributed by atoms with Crippen molar-refractivity contribution < 1.29 is 24.4 Å². The number of aliphatic carboxylic acids is 1. The van der Waals surface area contributed by atoms with Gasteiger partial charge in [-0.1, -0.05) is 12.2 Å². The number of hydrogen-bond donors (Lipinski definition) is 2. The molecule has 0 unspecified atom stereocenters. The molecule has 8 heteroatoms. The van der Waals surface area contributed by atoms with Crippen molar-refractivity contribution in [2.75, 3.05) is 12.4 Å². The predicted octanol–water partition coefficient (Wildman–Crippen LogP) is 2.06. The first-order valence-electron chi connectivity index (χ1n) is 7.46. The zero-order valence-electron chi connectivity index (χ0n) is 12.8. The first-order valence-corrected chi connectivity index (χ1v) is 7.46. The number of nitrogens with zero attached hydrogens (tertiary/aromatic N) is 1. The summed E-state index contributed by atoms with van der Waals surface area (Å²) in [4.78, 5) is 34.5. The van der Waals surface area contributed by atoms with Crippen LogP contribution in [-0.2, 0) is 9.59 Å². The number of nitro benzene ring substituents is 1. The van der Waals surface area contributed by atoms with Crippen molar-refractivity contribution in [3.05, 3.63) is 40.5 Å². The number of carboxylic acids is 1. The molecule has 0 radical (unpaired) electrons. The maximum Gasteiger partial charge on any atom is 0.307 e. The Balaban J connectivity index is 1.87. The molecule has 1 aromatic carbocycles. The number of ether oxygens (including phenoxy) is 1. The van der Waals surface area contributed by atoms with Gasteiger partial charge in [-0.3, -0.25) is 19.7 Å². The van der Waals surface area contributed by atoms with Crippen molar-refractivity contribution in [1.82, 2.24) is 0 Å². The number of hydrogen-bond acceptors (Lipinski definition) is 5. The summed E-state index contributed by atoms with van der Waals surface area (Å²) < 4.78 is 5.11. The van der Waals surface area contributed by atoms with Crippen molar-refractivity contribution in [3.63, 3.8) is 0 Å². The average Bonchev–Trinajstić information content (AvgIpc) is 3.15. The summed E-state index contributed by atoms with van der Waals surface area (Å²) in [5.41, 5.74) is -0.0266. The van der Waals surface area contributed by atoms with E-state index in [2.05, 4.69) is 5.32 Å². The monoisotopic (exact) mass is 332 g/mol. The number of carbonyl (C=O) groups is 2. The van der Waals surface area contributed by atoms with Crippen LogP contribution in [0.4, 0.5) is 11.4 Å². The van der Waals surface area contributed by atoms with Crippen LogP contribution in [0.1, 0.15) is 6.42 Å². The van der Waals surface area contributed by atoms with Crippen LogP contribution in [0.25, 0.3) is 0 Å². The number of allylic oxidation sites excluding steroid dienone is 2. The number of fused-ring (bicyclic) bond motifs is 2. The summed E-state index contributed by atoms with van der Waals surface area (Å²) in [6, 6.07) is 3.87. The maximum atomic E-state index is 12.6. The summed E-state index contributed by atoms with van der Waals surface area (Å²) in [6.07, 6.45) is 4.36. The van der Waals surface area contributed by atoms with Gasteiger partial charge in [-0.15, -0.1) is 0 Å². The van der Waals surface area contributed by atoms with E-state index in [4.69, 9.17) is 4.74 Å². The minimum absolute atomic E-state index is 0.124. The summed E-state index contributed by atoms with van der Waals surface area (Å²) in [6.45, 7) is 0. The lowest BCUT2D eigenvalue weighted by Crippen LogP contribution is -2.36. The Bertz CT molecular complexity index is 744. The fraction of sp³-hybridized carbons (Fsp3) is 0.375. The fourth-order valence-electron chi connectivity index (χ4n) is 3.64. The predicted molar refractivity (Wildman–Crippen MR) is 83.6 cm³/mol. The molecule has 8 nitrogen and oxygen atoms in total. The van der Waals surface area contributed by atoms with E-state index >= 15 is 0 Å². The Labute approximate surface area is 137 Å². The molecule has 24 heavy (non-hydrogen) atoms. The first kappa shape index (κ1) is 16.0. The molecule has 1 aromatic rings. The number of nitro groups is 1. The van der Waals surface area contributed by atoms with Gasteiger partial charge >= 0.3 is 5.97 Å². The molecule has 4 atom stereocenters. The highest BCUT2D eigenvalue weighted by Crippen LogP contribution is 2.48. The Morgan fingerprint density at radius 3 is 2.54 bits per heavy atom. The molecule has 0 saturated heterocycles. The first-order chi connectivity index (χ1) is 11.4. The fourth-order valence-corrected chi connectivity index (χ4v) is 3.64. The summed E-state index contributed by atoms with van der Waals surface area (Å²) in [5.74, 6) is -2.92. The van der Waals surface area contributed by atoms with E-state index in [-0.39, 0.29) is 29.0 Å². The third-order valence-corrected chi connectivity index (χ3v) is 4.70. The number of methoxy groups -OCH3 is 1. The standard InChI is InChI=1S/C16H16N2O6/c1-24-12-5-4-10(18(22)23)7-11(12)17-15(19)13-8-2-3-9(6-8)14(13)16(20)21/h2-5,7-9,13-14H,6H2,1H3,(H,17,19)(H,20,21)/t8-,9-,13+,14-/m0/s1. The lowest BCUT2D eigenvalue weighted by atomic mass is 9.82. The van der Waals surface area contributed by atoms with Gasteiger partial charge in [0.2, 0.25) is 5.91 Å². The average molecular weight is 332 g/mol. The number of anilines is 1. The molecule has 2 N–H and O–H groups in total. The van der Waals surface area contributed by atoms with Crippen LogP contribution in [0, 0.1) is 33.8 Å². The van der Waals surface area contributed by atoms with Gasteiger partial charge in [0.15, 0.2) is 0 Å². The van der Waals surface area contributed by atoms with E-state index in [1.807, 2.05) is 12.2 Å². The molecule has 0 aliphatic heterocycles. The Hall–Kier alpha value is -2.90. The summed E-state index contributed by atoms with van der Waals surface area (Å²) >= 11 is 0. The topological polar surface area (TPSA) is 119 Å². The molecule has 0 spiro atoms. The Morgan fingerprint density at radius 2 is 1.96 bits per heavy atom. The Kier molecular flexibility index (Phi) is 3.96. The van der Waals surface area contributed by atoms with Crippen molar-refractivity contribution in [2.24, 2.45) is 23.7 Å². The van der Waals surface area contributed by atoms with E-state index < -0.39 is 28.6 Å². The zero-order valence-corrected chi connectivity index (χ0v) is 12.8. The second-order valence-electron chi connectivity index (χ2n) is 5.97. The number of carbonyl (C=O) groups excluding carboxylic acids is 1. The summed E-state index contributed by atoms with van der Waals surface area (Å²) in [7, 11) is 1.39. The maximum absolute atomic E-state index is 12.6. The van der Waals surface area contributed by atoms with E-state index in [0.717, 1.165) is 0 Å². The molecule has 1 amide bonds. The molecule has 126 valence electrons. The van der Waals surface area contributed by atoms with Gasteiger partial charge in [0.05, 0.1) is 29.6 Å². The highest BCUT2D eigenvalue weighted by Gasteiger charge is 2.51. The van der Waals surface area contributed by atoms with Crippen molar-refractivity contribution in [2.45, 2.75) is 6.42 Å². The van der Waals surface area contributed by atoms with E-state index in [1.165, 1.54) is 25.3 Å².